The predicted octanol–water partition coefficient (Wildman–Crippen LogP) is 2.41. The zero-order valence-corrected chi connectivity index (χ0v) is 10.4. The Hall–Kier alpha value is -1.97. The third-order valence-corrected chi connectivity index (χ3v) is 2.79. The van der Waals surface area contributed by atoms with Crippen LogP contribution in [0.3, 0.4) is 0 Å². The Labute approximate surface area is 101 Å². The van der Waals surface area contributed by atoms with Crippen LogP contribution in [0.4, 0.5) is 5.95 Å². The van der Waals surface area contributed by atoms with Crippen LogP contribution in [0.2, 0.25) is 0 Å². The molecule has 1 aromatic carbocycles. The summed E-state index contributed by atoms with van der Waals surface area (Å²) >= 11 is 0. The molecule has 0 saturated heterocycles. The Balaban J connectivity index is 2.08. The summed E-state index contributed by atoms with van der Waals surface area (Å²) in [5.41, 5.74) is 4.28. The molecule has 0 aliphatic carbocycles. The predicted molar refractivity (Wildman–Crippen MR) is 67.8 cm³/mol. The zero-order chi connectivity index (χ0) is 12.3. The van der Waals surface area contributed by atoms with E-state index in [1.54, 1.807) is 0 Å². The van der Waals surface area contributed by atoms with Gasteiger partial charge in [-0.25, -0.2) is 4.98 Å². The molecule has 1 aromatic heterocycles. The van der Waals surface area contributed by atoms with Crippen molar-refractivity contribution in [2.75, 3.05) is 5.32 Å². The second-order valence-corrected chi connectivity index (χ2v) is 4.09. The summed E-state index contributed by atoms with van der Waals surface area (Å²) in [6.07, 6.45) is 0. The standard InChI is InChI=1S/C13H16N4/c1-9-6-4-5-7-12(9)8-14-13-15-10(2)11(3)16-17-13/h4-7H,8H2,1-3H3,(H,14,15,17). The molecule has 0 saturated carbocycles. The van der Waals surface area contributed by atoms with E-state index in [9.17, 15) is 0 Å². The van der Waals surface area contributed by atoms with E-state index in [2.05, 4.69) is 39.6 Å². The smallest absolute Gasteiger partial charge is 0.243 e. The Bertz CT molecular complexity index is 523. The van der Waals surface area contributed by atoms with Gasteiger partial charge in [0.1, 0.15) is 0 Å². The number of hydrogen-bond acceptors (Lipinski definition) is 4. The third kappa shape index (κ3) is 2.78. The van der Waals surface area contributed by atoms with Gasteiger partial charge in [0.2, 0.25) is 5.95 Å². The Morgan fingerprint density at radius 2 is 1.76 bits per heavy atom. The summed E-state index contributed by atoms with van der Waals surface area (Å²) in [6, 6.07) is 8.25. The first-order chi connectivity index (χ1) is 8.16. The zero-order valence-electron chi connectivity index (χ0n) is 10.4. The highest BCUT2D eigenvalue weighted by Crippen LogP contribution is 2.09. The summed E-state index contributed by atoms with van der Waals surface area (Å²) in [6.45, 7) is 6.65. The van der Waals surface area contributed by atoms with Gasteiger partial charge in [-0.1, -0.05) is 24.3 Å². The highest BCUT2D eigenvalue weighted by atomic mass is 15.2. The Morgan fingerprint density at radius 3 is 2.47 bits per heavy atom. The van der Waals surface area contributed by atoms with Crippen LogP contribution in [-0.4, -0.2) is 15.2 Å². The maximum atomic E-state index is 4.33. The molecule has 0 unspecified atom stereocenters. The number of aryl methyl sites for hydroxylation is 3. The van der Waals surface area contributed by atoms with Crippen molar-refractivity contribution in [1.29, 1.82) is 0 Å². The van der Waals surface area contributed by atoms with Crippen molar-refractivity contribution in [3.8, 4) is 0 Å². The second-order valence-electron chi connectivity index (χ2n) is 4.09. The van der Waals surface area contributed by atoms with Crippen molar-refractivity contribution < 1.29 is 0 Å². The van der Waals surface area contributed by atoms with E-state index in [0.29, 0.717) is 5.95 Å². The molecule has 1 heterocycles. The van der Waals surface area contributed by atoms with Crippen LogP contribution in [-0.2, 0) is 6.54 Å². The number of nitrogens with one attached hydrogen (secondary N) is 1. The van der Waals surface area contributed by atoms with E-state index in [0.717, 1.165) is 17.9 Å². The van der Waals surface area contributed by atoms with Crippen LogP contribution < -0.4 is 5.32 Å². The molecule has 2 rings (SSSR count). The average Bonchev–Trinajstić information content (AvgIpc) is 2.32. The topological polar surface area (TPSA) is 50.7 Å². The SMILES string of the molecule is Cc1ccccc1CNc1nnc(C)c(C)n1. The number of rotatable bonds is 3. The minimum atomic E-state index is 0.580. The highest BCUT2D eigenvalue weighted by Gasteiger charge is 2.02. The van der Waals surface area contributed by atoms with Crippen LogP contribution >= 0.6 is 0 Å². The Kier molecular flexibility index (Phi) is 3.32. The van der Waals surface area contributed by atoms with Crippen molar-refractivity contribution in [3.05, 3.63) is 46.8 Å². The number of aromatic nitrogens is 3. The molecule has 0 atom stereocenters. The lowest BCUT2D eigenvalue weighted by molar-refractivity contribution is 0.884. The first kappa shape index (κ1) is 11.5. The molecule has 0 amide bonds. The second kappa shape index (κ2) is 4.91. The van der Waals surface area contributed by atoms with Gasteiger partial charge in [-0.05, 0) is 31.9 Å². The van der Waals surface area contributed by atoms with Crippen molar-refractivity contribution in [3.63, 3.8) is 0 Å². The molecule has 0 spiro atoms. The van der Waals surface area contributed by atoms with E-state index in [-0.39, 0.29) is 0 Å². The van der Waals surface area contributed by atoms with E-state index in [4.69, 9.17) is 0 Å². The van der Waals surface area contributed by atoms with E-state index in [1.165, 1.54) is 11.1 Å². The summed E-state index contributed by atoms with van der Waals surface area (Å²) < 4.78 is 0. The largest absolute Gasteiger partial charge is 0.349 e. The van der Waals surface area contributed by atoms with E-state index in [1.807, 2.05) is 26.0 Å². The van der Waals surface area contributed by atoms with Gasteiger partial charge in [0, 0.05) is 6.54 Å². The molecule has 0 radical (unpaired) electrons. The molecule has 4 heteroatoms. The van der Waals surface area contributed by atoms with Crippen molar-refractivity contribution in [2.24, 2.45) is 0 Å². The van der Waals surface area contributed by atoms with Gasteiger partial charge in [0.05, 0.1) is 11.4 Å². The molecule has 2 aromatic rings. The maximum absolute atomic E-state index is 4.33. The van der Waals surface area contributed by atoms with E-state index < -0.39 is 0 Å². The van der Waals surface area contributed by atoms with Crippen LogP contribution in [0.25, 0.3) is 0 Å². The fourth-order valence-electron chi connectivity index (χ4n) is 1.51. The van der Waals surface area contributed by atoms with Gasteiger partial charge in [-0.3, -0.25) is 0 Å². The van der Waals surface area contributed by atoms with Crippen molar-refractivity contribution >= 4 is 5.95 Å². The average molecular weight is 228 g/mol. The Morgan fingerprint density at radius 1 is 1.00 bits per heavy atom. The molecule has 0 bridgehead atoms. The summed E-state index contributed by atoms with van der Waals surface area (Å²) in [5, 5.41) is 11.2. The molecule has 4 nitrogen and oxygen atoms in total. The van der Waals surface area contributed by atoms with Crippen molar-refractivity contribution in [1.82, 2.24) is 15.2 Å². The van der Waals surface area contributed by atoms with Gasteiger partial charge in [-0.2, -0.15) is 5.10 Å². The van der Waals surface area contributed by atoms with Crippen LogP contribution in [0, 0.1) is 20.8 Å². The van der Waals surface area contributed by atoms with Gasteiger partial charge in [-0.15, -0.1) is 5.10 Å². The lowest BCUT2D eigenvalue weighted by atomic mass is 10.1. The van der Waals surface area contributed by atoms with Gasteiger partial charge in [0.25, 0.3) is 0 Å². The molecule has 0 aliphatic heterocycles. The highest BCUT2D eigenvalue weighted by molar-refractivity contribution is 5.31. The van der Waals surface area contributed by atoms with Crippen LogP contribution in [0.15, 0.2) is 24.3 Å². The molecular weight excluding hydrogens is 212 g/mol. The molecule has 0 fully saturated rings. The lowest BCUT2D eigenvalue weighted by Gasteiger charge is -2.07. The van der Waals surface area contributed by atoms with Crippen LogP contribution in [0.5, 0.6) is 0 Å². The minimum absolute atomic E-state index is 0.580. The van der Waals surface area contributed by atoms with Crippen LogP contribution in [0.1, 0.15) is 22.5 Å². The summed E-state index contributed by atoms with van der Waals surface area (Å²) in [5.74, 6) is 0.580. The summed E-state index contributed by atoms with van der Waals surface area (Å²) in [7, 11) is 0. The van der Waals surface area contributed by atoms with E-state index >= 15 is 0 Å². The van der Waals surface area contributed by atoms with Gasteiger partial charge < -0.3 is 5.32 Å². The molecule has 0 aliphatic rings. The summed E-state index contributed by atoms with van der Waals surface area (Å²) in [4.78, 5) is 4.33. The third-order valence-electron chi connectivity index (χ3n) is 2.79. The number of benzene rings is 1. The minimum Gasteiger partial charge on any atom is -0.349 e. The number of anilines is 1. The van der Waals surface area contributed by atoms with Gasteiger partial charge >= 0.3 is 0 Å². The lowest BCUT2D eigenvalue weighted by Crippen LogP contribution is -2.07. The quantitative estimate of drug-likeness (QED) is 0.876. The van der Waals surface area contributed by atoms with Gasteiger partial charge in [0.15, 0.2) is 0 Å². The fourth-order valence-corrected chi connectivity index (χ4v) is 1.51. The normalized spacial score (nSPS) is 10.3. The molecular formula is C13H16N4. The number of hydrogen-bond donors (Lipinski definition) is 1. The first-order valence-electron chi connectivity index (χ1n) is 5.63. The number of nitrogens with zero attached hydrogens (tertiary/aromatic N) is 3. The van der Waals surface area contributed by atoms with Crippen molar-refractivity contribution in [2.45, 2.75) is 27.3 Å². The fraction of sp³-hybridized carbons (Fsp3) is 0.308. The monoisotopic (exact) mass is 228 g/mol. The first-order valence-corrected chi connectivity index (χ1v) is 5.63. The molecule has 17 heavy (non-hydrogen) atoms. The molecule has 1 N–H and O–H groups in total. The molecule has 88 valence electrons. The maximum Gasteiger partial charge on any atom is 0.243 e.